The topological polar surface area (TPSA) is 44.8 Å². The monoisotopic (exact) mass is 394 g/mol. The van der Waals surface area contributed by atoms with Crippen molar-refractivity contribution in [1.82, 2.24) is 0 Å². The Labute approximate surface area is 150 Å². The lowest BCUT2D eigenvalue weighted by Gasteiger charge is -2.13. The summed E-state index contributed by atoms with van der Waals surface area (Å²) in [5.74, 6) is -0.485. The highest BCUT2D eigenvalue weighted by atomic mass is 35.5. The number of hydrogen-bond acceptors (Lipinski definition) is 4. The quantitative estimate of drug-likeness (QED) is 0.473. The molecule has 2 rings (SSSR count). The van der Waals surface area contributed by atoms with Gasteiger partial charge in [-0.05, 0) is 36.8 Å². The first-order valence-electron chi connectivity index (χ1n) is 6.77. The molecule has 0 aliphatic carbocycles. The second kappa shape index (κ2) is 7.41. The zero-order chi connectivity index (χ0) is 18.8. The third-order valence-corrected chi connectivity index (χ3v) is 3.71. The van der Waals surface area contributed by atoms with Crippen molar-refractivity contribution in [3.63, 3.8) is 0 Å². The molecule has 0 aromatic heterocycles. The number of halogens is 5. The van der Waals surface area contributed by atoms with Crippen LogP contribution in [0.25, 0.3) is 0 Å². The fourth-order valence-electron chi connectivity index (χ4n) is 1.82. The SMILES string of the molecule is CC(=O)OOc1cc(Oc2ccc(C(F)(F)F)cc2Cl)cc(C)c1Cl. The number of benzene rings is 2. The Morgan fingerprint density at radius 1 is 1.08 bits per heavy atom. The van der Waals surface area contributed by atoms with Gasteiger partial charge in [0.25, 0.3) is 0 Å². The Balaban J connectivity index is 2.29. The second-order valence-corrected chi connectivity index (χ2v) is 5.74. The van der Waals surface area contributed by atoms with Crippen molar-refractivity contribution < 1.29 is 32.5 Å². The van der Waals surface area contributed by atoms with E-state index in [-0.39, 0.29) is 27.3 Å². The highest BCUT2D eigenvalue weighted by Crippen LogP contribution is 2.39. The van der Waals surface area contributed by atoms with Crippen molar-refractivity contribution in [3.8, 4) is 17.2 Å². The van der Waals surface area contributed by atoms with Crippen LogP contribution in [0.1, 0.15) is 18.1 Å². The minimum atomic E-state index is -4.51. The van der Waals surface area contributed by atoms with Gasteiger partial charge in [-0.15, -0.1) is 0 Å². The maximum atomic E-state index is 12.7. The van der Waals surface area contributed by atoms with E-state index in [2.05, 4.69) is 4.89 Å². The fourth-order valence-corrected chi connectivity index (χ4v) is 2.18. The summed E-state index contributed by atoms with van der Waals surface area (Å²) >= 11 is 11.9. The Kier molecular flexibility index (Phi) is 5.69. The first-order valence-corrected chi connectivity index (χ1v) is 7.53. The van der Waals surface area contributed by atoms with Gasteiger partial charge in [0.1, 0.15) is 11.5 Å². The molecule has 134 valence electrons. The van der Waals surface area contributed by atoms with E-state index >= 15 is 0 Å². The van der Waals surface area contributed by atoms with Crippen LogP contribution in [0.3, 0.4) is 0 Å². The minimum Gasteiger partial charge on any atom is -0.456 e. The van der Waals surface area contributed by atoms with Crippen molar-refractivity contribution in [1.29, 1.82) is 0 Å². The Bertz CT molecular complexity index is 807. The predicted octanol–water partition coefficient (Wildman–Crippen LogP) is 5.97. The molecule has 0 aliphatic heterocycles. The maximum Gasteiger partial charge on any atom is 0.416 e. The van der Waals surface area contributed by atoms with E-state index in [1.165, 1.54) is 12.1 Å². The third-order valence-electron chi connectivity index (χ3n) is 2.93. The number of carbonyl (C=O) groups excluding carboxylic acids is 1. The molecule has 0 heterocycles. The molecule has 0 saturated heterocycles. The first-order chi connectivity index (χ1) is 11.6. The Morgan fingerprint density at radius 3 is 2.32 bits per heavy atom. The molecule has 2 aromatic carbocycles. The summed E-state index contributed by atoms with van der Waals surface area (Å²) < 4.78 is 43.4. The van der Waals surface area contributed by atoms with Crippen molar-refractivity contribution in [2.75, 3.05) is 0 Å². The van der Waals surface area contributed by atoms with E-state index in [0.29, 0.717) is 5.56 Å². The fraction of sp³-hybridized carbons (Fsp3) is 0.188. The van der Waals surface area contributed by atoms with Crippen LogP contribution in [0.5, 0.6) is 17.2 Å². The maximum absolute atomic E-state index is 12.7. The van der Waals surface area contributed by atoms with Crippen LogP contribution in [-0.4, -0.2) is 5.97 Å². The molecule has 0 bridgehead atoms. The van der Waals surface area contributed by atoms with Crippen molar-refractivity contribution >= 4 is 29.2 Å². The Hall–Kier alpha value is -2.12. The van der Waals surface area contributed by atoms with Gasteiger partial charge in [-0.1, -0.05) is 23.2 Å². The molecule has 0 N–H and O–H groups in total. The van der Waals surface area contributed by atoms with Crippen LogP contribution in [0, 0.1) is 6.92 Å². The van der Waals surface area contributed by atoms with Crippen molar-refractivity contribution in [2.45, 2.75) is 20.0 Å². The van der Waals surface area contributed by atoms with E-state index in [0.717, 1.165) is 25.1 Å². The van der Waals surface area contributed by atoms with Crippen LogP contribution in [0.4, 0.5) is 13.2 Å². The number of hydrogen-bond donors (Lipinski definition) is 0. The molecule has 0 aliphatic rings. The number of carbonyl (C=O) groups is 1. The van der Waals surface area contributed by atoms with Gasteiger partial charge >= 0.3 is 12.1 Å². The number of alkyl halides is 3. The van der Waals surface area contributed by atoms with E-state index in [9.17, 15) is 18.0 Å². The van der Waals surface area contributed by atoms with E-state index in [4.69, 9.17) is 32.8 Å². The van der Waals surface area contributed by atoms with Gasteiger partial charge in [-0.2, -0.15) is 13.2 Å². The minimum absolute atomic E-state index is 0.00910. The zero-order valence-electron chi connectivity index (χ0n) is 12.9. The van der Waals surface area contributed by atoms with Crippen LogP contribution >= 0.6 is 23.2 Å². The summed E-state index contributed by atoms with van der Waals surface area (Å²) in [4.78, 5) is 20.0. The normalized spacial score (nSPS) is 11.2. The summed E-state index contributed by atoms with van der Waals surface area (Å²) in [7, 11) is 0. The smallest absolute Gasteiger partial charge is 0.416 e. The van der Waals surface area contributed by atoms with Crippen molar-refractivity contribution in [2.24, 2.45) is 0 Å². The van der Waals surface area contributed by atoms with Crippen LogP contribution in [0.15, 0.2) is 30.3 Å². The third kappa shape index (κ3) is 4.93. The lowest BCUT2D eigenvalue weighted by Crippen LogP contribution is -2.05. The van der Waals surface area contributed by atoms with Crippen LogP contribution in [-0.2, 0) is 15.9 Å². The van der Waals surface area contributed by atoms with Crippen molar-refractivity contribution in [3.05, 3.63) is 51.5 Å². The summed E-state index contributed by atoms with van der Waals surface area (Å²) in [6.07, 6.45) is -4.51. The highest BCUT2D eigenvalue weighted by molar-refractivity contribution is 6.33. The molecular formula is C16H11Cl2F3O4. The van der Waals surface area contributed by atoms with E-state index in [1.54, 1.807) is 6.92 Å². The molecule has 0 amide bonds. The molecule has 4 nitrogen and oxygen atoms in total. The van der Waals surface area contributed by atoms with E-state index < -0.39 is 17.7 Å². The largest absolute Gasteiger partial charge is 0.456 e. The second-order valence-electron chi connectivity index (χ2n) is 4.96. The molecule has 0 saturated carbocycles. The molecule has 0 unspecified atom stereocenters. The average molecular weight is 395 g/mol. The molecule has 9 heteroatoms. The average Bonchev–Trinajstić information content (AvgIpc) is 2.50. The number of ether oxygens (including phenoxy) is 1. The van der Waals surface area contributed by atoms with E-state index in [1.807, 2.05) is 0 Å². The highest BCUT2D eigenvalue weighted by Gasteiger charge is 2.31. The molecule has 0 radical (unpaired) electrons. The van der Waals surface area contributed by atoms with Gasteiger partial charge in [-0.3, -0.25) is 9.78 Å². The van der Waals surface area contributed by atoms with Gasteiger partial charge in [0.05, 0.1) is 15.6 Å². The zero-order valence-corrected chi connectivity index (χ0v) is 14.4. The lowest BCUT2D eigenvalue weighted by molar-refractivity contribution is -0.210. The molecule has 0 atom stereocenters. The summed E-state index contributed by atoms with van der Waals surface area (Å²) in [6, 6.07) is 5.54. The van der Waals surface area contributed by atoms with Gasteiger partial charge in [0.15, 0.2) is 0 Å². The molecular weight excluding hydrogens is 384 g/mol. The lowest BCUT2D eigenvalue weighted by atomic mass is 10.2. The summed E-state index contributed by atoms with van der Waals surface area (Å²) in [5.41, 5.74) is -0.361. The first kappa shape index (κ1) is 19.2. The predicted molar refractivity (Wildman–Crippen MR) is 85.1 cm³/mol. The molecule has 2 aromatic rings. The Morgan fingerprint density at radius 2 is 1.76 bits per heavy atom. The van der Waals surface area contributed by atoms with Gasteiger partial charge in [0, 0.05) is 13.0 Å². The number of aryl methyl sites for hydroxylation is 1. The molecule has 0 fully saturated rings. The van der Waals surface area contributed by atoms with Gasteiger partial charge < -0.3 is 4.74 Å². The van der Waals surface area contributed by atoms with Gasteiger partial charge in [0.2, 0.25) is 5.75 Å². The van der Waals surface area contributed by atoms with Crippen LogP contribution in [0.2, 0.25) is 10.0 Å². The number of rotatable bonds is 4. The molecule has 0 spiro atoms. The molecule has 25 heavy (non-hydrogen) atoms. The summed E-state index contributed by atoms with van der Waals surface area (Å²) in [5, 5.41) is -0.0306. The van der Waals surface area contributed by atoms with Crippen LogP contribution < -0.4 is 9.62 Å². The summed E-state index contributed by atoms with van der Waals surface area (Å²) in [6.45, 7) is 2.78. The van der Waals surface area contributed by atoms with Gasteiger partial charge in [-0.25, -0.2) is 4.79 Å². The standard InChI is InChI=1S/C16H11Cl2F3O4/c1-8-5-11(7-14(15(8)18)25-24-9(2)22)23-13-4-3-10(6-12(13)17)16(19,20)21/h3-7H,1-2H3.